The van der Waals surface area contributed by atoms with Crippen LogP contribution in [-0.4, -0.2) is 23.0 Å². The first-order valence-corrected chi connectivity index (χ1v) is 6.25. The van der Waals surface area contributed by atoms with Gasteiger partial charge in [0, 0.05) is 0 Å². The van der Waals surface area contributed by atoms with Crippen LogP contribution in [-0.2, 0) is 9.59 Å². The second-order valence-electron chi connectivity index (χ2n) is 4.34. The highest BCUT2D eigenvalue weighted by molar-refractivity contribution is 5.87. The summed E-state index contributed by atoms with van der Waals surface area (Å²) in [6.07, 6.45) is 3.79. The van der Waals surface area contributed by atoms with Gasteiger partial charge in [0.15, 0.2) is 0 Å². The first-order chi connectivity index (χ1) is 9.06. The van der Waals surface area contributed by atoms with Crippen LogP contribution in [0.2, 0.25) is 0 Å². The molecule has 0 aliphatic carbocycles. The van der Waals surface area contributed by atoms with Gasteiger partial charge in [-0.25, -0.2) is 4.79 Å². The molecule has 4 heteroatoms. The summed E-state index contributed by atoms with van der Waals surface area (Å²) < 4.78 is 0. The minimum atomic E-state index is -1.02. The first-order valence-electron chi connectivity index (χ1n) is 6.25. The molecule has 0 spiro atoms. The van der Waals surface area contributed by atoms with Crippen molar-refractivity contribution in [3.8, 4) is 0 Å². The molecule has 19 heavy (non-hydrogen) atoms. The molecule has 0 heterocycles. The summed E-state index contributed by atoms with van der Waals surface area (Å²) in [7, 11) is 0. The predicted molar refractivity (Wildman–Crippen MR) is 73.9 cm³/mol. The van der Waals surface area contributed by atoms with Crippen molar-refractivity contribution in [1.82, 2.24) is 5.32 Å². The molecule has 0 radical (unpaired) electrons. The van der Waals surface area contributed by atoms with Crippen molar-refractivity contribution in [2.75, 3.05) is 0 Å². The molecule has 1 aromatic carbocycles. The van der Waals surface area contributed by atoms with Crippen molar-refractivity contribution >= 4 is 11.9 Å². The monoisotopic (exact) mass is 261 g/mol. The van der Waals surface area contributed by atoms with Gasteiger partial charge in [0.25, 0.3) is 0 Å². The maximum atomic E-state index is 12.0. The fraction of sp³-hybridized carbons (Fsp3) is 0.333. The number of hydrogen-bond acceptors (Lipinski definition) is 2. The van der Waals surface area contributed by atoms with Crippen LogP contribution in [0.1, 0.15) is 31.7 Å². The number of nitrogens with one attached hydrogen (secondary N) is 1. The first kappa shape index (κ1) is 15.0. The van der Waals surface area contributed by atoms with Crippen LogP contribution in [0.25, 0.3) is 0 Å². The van der Waals surface area contributed by atoms with Gasteiger partial charge < -0.3 is 10.4 Å². The Morgan fingerprint density at radius 3 is 2.47 bits per heavy atom. The molecule has 2 atom stereocenters. The van der Waals surface area contributed by atoms with E-state index in [9.17, 15) is 9.59 Å². The Kier molecular flexibility index (Phi) is 5.79. The maximum absolute atomic E-state index is 12.0. The molecule has 4 nitrogen and oxygen atoms in total. The fourth-order valence-electron chi connectivity index (χ4n) is 1.68. The number of aliphatic carboxylic acids is 1. The molecular formula is C15H19NO3. The quantitative estimate of drug-likeness (QED) is 0.772. The van der Waals surface area contributed by atoms with Crippen LogP contribution in [0, 0.1) is 0 Å². The standard InChI is InChI=1S/C15H19NO3/c1-3-4-10-13(15(18)19)16-14(17)11(2)12-8-6-5-7-9-12/h3-9,11,13H,10H2,1-2H3,(H,16,17)(H,18,19)/b4-3+/t11-,13?/m1/s1. The number of rotatable bonds is 6. The second-order valence-corrected chi connectivity index (χ2v) is 4.34. The Morgan fingerprint density at radius 2 is 1.95 bits per heavy atom. The predicted octanol–water partition coefficient (Wildman–Crippen LogP) is 2.33. The molecule has 0 fully saturated rings. The van der Waals surface area contributed by atoms with Crippen LogP contribution in [0.3, 0.4) is 0 Å². The van der Waals surface area contributed by atoms with Gasteiger partial charge in [-0.15, -0.1) is 0 Å². The Balaban J connectivity index is 2.69. The van der Waals surface area contributed by atoms with E-state index in [1.807, 2.05) is 37.3 Å². The Bertz CT molecular complexity index is 454. The van der Waals surface area contributed by atoms with Crippen LogP contribution in [0.15, 0.2) is 42.5 Å². The van der Waals surface area contributed by atoms with Crippen molar-refractivity contribution in [1.29, 1.82) is 0 Å². The van der Waals surface area contributed by atoms with Crippen molar-refractivity contribution in [3.05, 3.63) is 48.0 Å². The van der Waals surface area contributed by atoms with Crippen molar-refractivity contribution in [2.24, 2.45) is 0 Å². The van der Waals surface area contributed by atoms with Crippen LogP contribution in [0.4, 0.5) is 0 Å². The van der Waals surface area contributed by atoms with Crippen molar-refractivity contribution in [2.45, 2.75) is 32.2 Å². The lowest BCUT2D eigenvalue weighted by atomic mass is 10.00. The molecule has 1 unspecified atom stereocenters. The average Bonchev–Trinajstić information content (AvgIpc) is 2.43. The molecule has 0 bridgehead atoms. The van der Waals surface area contributed by atoms with E-state index < -0.39 is 12.0 Å². The fourth-order valence-corrected chi connectivity index (χ4v) is 1.68. The number of benzene rings is 1. The number of carboxylic acid groups (broad SMARTS) is 1. The van der Waals surface area contributed by atoms with E-state index in [-0.39, 0.29) is 11.8 Å². The largest absolute Gasteiger partial charge is 0.480 e. The number of carbonyl (C=O) groups is 2. The lowest BCUT2D eigenvalue weighted by Gasteiger charge is -2.17. The van der Waals surface area contributed by atoms with Gasteiger partial charge in [0.2, 0.25) is 5.91 Å². The summed E-state index contributed by atoms with van der Waals surface area (Å²) in [6, 6.07) is 8.41. The highest BCUT2D eigenvalue weighted by Crippen LogP contribution is 2.14. The molecule has 0 saturated carbocycles. The zero-order valence-electron chi connectivity index (χ0n) is 11.2. The summed E-state index contributed by atoms with van der Waals surface area (Å²) >= 11 is 0. The molecule has 2 N–H and O–H groups in total. The summed E-state index contributed by atoms with van der Waals surface area (Å²) in [5, 5.41) is 11.6. The van der Waals surface area contributed by atoms with Gasteiger partial charge >= 0.3 is 5.97 Å². The third-order valence-corrected chi connectivity index (χ3v) is 2.91. The van der Waals surface area contributed by atoms with Gasteiger partial charge in [-0.05, 0) is 25.8 Å². The Labute approximate surface area is 113 Å². The summed E-state index contributed by atoms with van der Waals surface area (Å²) in [5.41, 5.74) is 0.871. The van der Waals surface area contributed by atoms with Crippen LogP contribution >= 0.6 is 0 Å². The molecular weight excluding hydrogens is 242 g/mol. The third-order valence-electron chi connectivity index (χ3n) is 2.91. The highest BCUT2D eigenvalue weighted by atomic mass is 16.4. The van der Waals surface area contributed by atoms with Gasteiger partial charge in [0.05, 0.1) is 5.92 Å². The number of carboxylic acids is 1. The van der Waals surface area contributed by atoms with E-state index in [0.717, 1.165) is 5.56 Å². The van der Waals surface area contributed by atoms with Crippen molar-refractivity contribution in [3.63, 3.8) is 0 Å². The molecule has 0 saturated heterocycles. The van der Waals surface area contributed by atoms with Gasteiger partial charge in [0.1, 0.15) is 6.04 Å². The highest BCUT2D eigenvalue weighted by Gasteiger charge is 2.22. The second kappa shape index (κ2) is 7.36. The number of hydrogen-bond donors (Lipinski definition) is 2. The molecule has 0 aliphatic heterocycles. The average molecular weight is 261 g/mol. The Morgan fingerprint density at radius 1 is 1.32 bits per heavy atom. The van der Waals surface area contributed by atoms with E-state index in [2.05, 4.69) is 5.32 Å². The van der Waals surface area contributed by atoms with E-state index in [1.54, 1.807) is 19.1 Å². The number of amides is 1. The zero-order chi connectivity index (χ0) is 14.3. The van der Waals surface area contributed by atoms with Crippen molar-refractivity contribution < 1.29 is 14.7 Å². The normalized spacial score (nSPS) is 14.0. The number of allylic oxidation sites excluding steroid dienone is 1. The maximum Gasteiger partial charge on any atom is 0.326 e. The van der Waals surface area contributed by atoms with Gasteiger partial charge in [-0.1, -0.05) is 42.5 Å². The topological polar surface area (TPSA) is 66.4 Å². The molecule has 0 aliphatic rings. The summed E-state index contributed by atoms with van der Waals surface area (Å²) in [6.45, 7) is 3.58. The minimum Gasteiger partial charge on any atom is -0.480 e. The molecule has 1 rings (SSSR count). The van der Waals surface area contributed by atoms with Crippen LogP contribution < -0.4 is 5.32 Å². The smallest absolute Gasteiger partial charge is 0.326 e. The van der Waals surface area contributed by atoms with E-state index in [4.69, 9.17) is 5.11 Å². The molecule has 0 aromatic heterocycles. The van der Waals surface area contributed by atoms with Gasteiger partial charge in [-0.3, -0.25) is 4.79 Å². The Hall–Kier alpha value is -2.10. The van der Waals surface area contributed by atoms with Crippen LogP contribution in [0.5, 0.6) is 0 Å². The lowest BCUT2D eigenvalue weighted by Crippen LogP contribution is -2.42. The zero-order valence-corrected chi connectivity index (χ0v) is 11.2. The summed E-state index contributed by atoms with van der Waals surface area (Å²) in [4.78, 5) is 23.1. The molecule has 102 valence electrons. The number of carbonyl (C=O) groups excluding carboxylic acids is 1. The molecule has 1 aromatic rings. The van der Waals surface area contributed by atoms with E-state index in [1.165, 1.54) is 0 Å². The lowest BCUT2D eigenvalue weighted by molar-refractivity contribution is -0.141. The van der Waals surface area contributed by atoms with E-state index >= 15 is 0 Å². The SMILES string of the molecule is C/C=C/CC(NC(=O)[C@H](C)c1ccccc1)C(=O)O. The summed E-state index contributed by atoms with van der Waals surface area (Å²) in [5.74, 6) is -1.66. The minimum absolute atomic E-state index is 0.275. The third kappa shape index (κ3) is 4.58. The van der Waals surface area contributed by atoms with Gasteiger partial charge in [-0.2, -0.15) is 0 Å². The molecule has 1 amide bonds. The van der Waals surface area contributed by atoms with E-state index in [0.29, 0.717) is 6.42 Å².